The summed E-state index contributed by atoms with van der Waals surface area (Å²) >= 11 is 12.2. The molecule has 1 atom stereocenters. The number of ether oxygens (including phenoxy) is 1. The number of anilines is 1. The van der Waals surface area contributed by atoms with Crippen LogP contribution in [0.2, 0.25) is 10.0 Å². The van der Waals surface area contributed by atoms with Gasteiger partial charge in [0.05, 0.1) is 22.0 Å². The van der Waals surface area contributed by atoms with Gasteiger partial charge in [0.1, 0.15) is 24.9 Å². The van der Waals surface area contributed by atoms with Crippen LogP contribution in [-0.2, 0) is 32.8 Å². The van der Waals surface area contributed by atoms with Crippen LogP contribution >= 0.6 is 23.2 Å². The molecule has 0 fully saturated rings. The van der Waals surface area contributed by atoms with E-state index in [0.29, 0.717) is 46.6 Å². The maximum Gasteiger partial charge on any atom is 0.244 e. The molecule has 0 aliphatic rings. The number of carbonyl (C=O) groups excluding carboxylic acids is 2. The summed E-state index contributed by atoms with van der Waals surface area (Å²) in [5, 5.41) is 3.43. The average Bonchev–Trinajstić information content (AvgIpc) is 2.92. The van der Waals surface area contributed by atoms with Crippen LogP contribution in [0.4, 0.5) is 5.69 Å². The average molecular weight is 607 g/mol. The van der Waals surface area contributed by atoms with Gasteiger partial charge < -0.3 is 15.0 Å². The highest BCUT2D eigenvalue weighted by molar-refractivity contribution is 7.92. The molecule has 0 aromatic heterocycles. The Kier molecular flexibility index (Phi) is 11.2. The van der Waals surface area contributed by atoms with Crippen LogP contribution in [-0.4, -0.2) is 50.5 Å². The van der Waals surface area contributed by atoms with Crippen molar-refractivity contribution in [2.75, 3.05) is 23.7 Å². The van der Waals surface area contributed by atoms with E-state index in [2.05, 4.69) is 5.32 Å². The van der Waals surface area contributed by atoms with Crippen molar-refractivity contribution in [2.45, 2.75) is 39.5 Å². The molecule has 0 heterocycles. The summed E-state index contributed by atoms with van der Waals surface area (Å²) < 4.78 is 32.4. The Bertz CT molecular complexity index is 1400. The lowest BCUT2D eigenvalue weighted by atomic mass is 10.1. The SMILES string of the molecule is CCNC(=O)C(CC)N(Cc1ccc(Cl)c(Cl)c1)C(=O)CN(c1ccc(OCc2ccccc2)cc1)S(C)(=O)=O. The molecular formula is C29H33Cl2N3O5S. The van der Waals surface area contributed by atoms with Crippen LogP contribution < -0.4 is 14.4 Å². The van der Waals surface area contributed by atoms with Crippen LogP contribution in [0.25, 0.3) is 0 Å². The Balaban J connectivity index is 1.86. The molecule has 11 heteroatoms. The third-order valence-corrected chi connectivity index (χ3v) is 8.01. The minimum absolute atomic E-state index is 0.0369. The third kappa shape index (κ3) is 8.61. The molecule has 0 spiro atoms. The lowest BCUT2D eigenvalue weighted by Crippen LogP contribution is -2.52. The zero-order valence-corrected chi connectivity index (χ0v) is 25.0. The van der Waals surface area contributed by atoms with Gasteiger partial charge in [-0.2, -0.15) is 0 Å². The van der Waals surface area contributed by atoms with Gasteiger partial charge in [-0.15, -0.1) is 0 Å². The first-order chi connectivity index (χ1) is 19.0. The van der Waals surface area contributed by atoms with Gasteiger partial charge in [0.25, 0.3) is 0 Å². The second kappa shape index (κ2) is 14.4. The van der Waals surface area contributed by atoms with Crippen LogP contribution in [0.3, 0.4) is 0 Å². The molecule has 3 rings (SSSR count). The molecule has 1 unspecified atom stereocenters. The van der Waals surface area contributed by atoms with Gasteiger partial charge in [0.2, 0.25) is 21.8 Å². The lowest BCUT2D eigenvalue weighted by Gasteiger charge is -2.32. The molecule has 214 valence electrons. The summed E-state index contributed by atoms with van der Waals surface area (Å²) in [7, 11) is -3.86. The van der Waals surface area contributed by atoms with E-state index in [0.717, 1.165) is 16.1 Å². The van der Waals surface area contributed by atoms with E-state index in [-0.39, 0.29) is 12.5 Å². The maximum atomic E-state index is 13.7. The highest BCUT2D eigenvalue weighted by atomic mass is 35.5. The van der Waals surface area contributed by atoms with Crippen molar-refractivity contribution >= 4 is 50.7 Å². The smallest absolute Gasteiger partial charge is 0.244 e. The molecule has 0 bridgehead atoms. The predicted molar refractivity (Wildman–Crippen MR) is 159 cm³/mol. The number of rotatable bonds is 13. The number of sulfonamides is 1. The number of benzene rings is 3. The molecule has 0 saturated carbocycles. The molecule has 0 radical (unpaired) electrons. The number of nitrogens with zero attached hydrogens (tertiary/aromatic N) is 2. The number of nitrogens with one attached hydrogen (secondary N) is 1. The van der Waals surface area contributed by atoms with E-state index in [4.69, 9.17) is 27.9 Å². The fourth-order valence-corrected chi connectivity index (χ4v) is 5.28. The van der Waals surface area contributed by atoms with E-state index in [1.807, 2.05) is 30.3 Å². The first kappa shape index (κ1) is 31.3. The number of halogens is 2. The number of hydrogen-bond acceptors (Lipinski definition) is 5. The van der Waals surface area contributed by atoms with Crippen LogP contribution in [0.15, 0.2) is 72.8 Å². The first-order valence-electron chi connectivity index (χ1n) is 12.8. The molecule has 3 aromatic carbocycles. The van der Waals surface area contributed by atoms with Crippen molar-refractivity contribution in [2.24, 2.45) is 0 Å². The first-order valence-corrected chi connectivity index (χ1v) is 15.4. The summed E-state index contributed by atoms with van der Waals surface area (Å²) in [5.74, 6) is -0.320. The summed E-state index contributed by atoms with van der Waals surface area (Å²) in [6.07, 6.45) is 1.36. The predicted octanol–water partition coefficient (Wildman–Crippen LogP) is 5.28. The summed E-state index contributed by atoms with van der Waals surface area (Å²) in [6, 6.07) is 20.2. The molecule has 2 amide bonds. The fraction of sp³-hybridized carbons (Fsp3) is 0.310. The highest BCUT2D eigenvalue weighted by Crippen LogP contribution is 2.26. The maximum absolute atomic E-state index is 13.7. The van der Waals surface area contributed by atoms with Crippen molar-refractivity contribution in [3.05, 3.63) is 94.0 Å². The van der Waals surface area contributed by atoms with Crippen molar-refractivity contribution in [3.63, 3.8) is 0 Å². The molecule has 1 N–H and O–H groups in total. The normalized spacial score (nSPS) is 11.9. The summed E-state index contributed by atoms with van der Waals surface area (Å²) in [6.45, 7) is 3.86. The van der Waals surface area contributed by atoms with E-state index < -0.39 is 28.5 Å². The van der Waals surface area contributed by atoms with Gasteiger partial charge in [-0.3, -0.25) is 13.9 Å². The second-order valence-electron chi connectivity index (χ2n) is 9.13. The van der Waals surface area contributed by atoms with Gasteiger partial charge in [-0.05, 0) is 60.9 Å². The molecule has 0 aliphatic carbocycles. The molecule has 0 saturated heterocycles. The van der Waals surface area contributed by atoms with E-state index >= 15 is 0 Å². The van der Waals surface area contributed by atoms with Crippen LogP contribution in [0.5, 0.6) is 5.75 Å². The Morgan fingerprint density at radius 3 is 2.17 bits per heavy atom. The van der Waals surface area contributed by atoms with Gasteiger partial charge >= 0.3 is 0 Å². The fourth-order valence-electron chi connectivity index (χ4n) is 4.11. The standard InChI is InChI=1S/C29H33Cl2N3O5S/c1-4-27(29(36)32-5-2)33(18-22-11-16-25(30)26(31)17-22)28(35)19-34(40(3,37)38)23-12-14-24(15-13-23)39-20-21-9-7-6-8-10-21/h6-17,27H,4-5,18-20H2,1-3H3,(H,32,36). The quantitative estimate of drug-likeness (QED) is 0.286. The Labute approximate surface area is 245 Å². The number of likely N-dealkylation sites (N-methyl/N-ethyl adjacent to an activating group) is 1. The highest BCUT2D eigenvalue weighted by Gasteiger charge is 2.31. The largest absolute Gasteiger partial charge is 0.489 e. The zero-order valence-electron chi connectivity index (χ0n) is 22.6. The Morgan fingerprint density at radius 2 is 1.60 bits per heavy atom. The molecule has 0 aliphatic heterocycles. The zero-order chi connectivity index (χ0) is 29.3. The van der Waals surface area contributed by atoms with E-state index in [1.165, 1.54) is 4.90 Å². The number of carbonyl (C=O) groups is 2. The third-order valence-electron chi connectivity index (χ3n) is 6.13. The van der Waals surface area contributed by atoms with Crippen molar-refractivity contribution in [3.8, 4) is 5.75 Å². The Morgan fingerprint density at radius 1 is 0.925 bits per heavy atom. The second-order valence-corrected chi connectivity index (χ2v) is 11.8. The lowest BCUT2D eigenvalue weighted by molar-refractivity contribution is -0.140. The molecule has 40 heavy (non-hydrogen) atoms. The Hall–Kier alpha value is -3.27. The van der Waals surface area contributed by atoms with Gasteiger partial charge in [-0.1, -0.05) is 66.5 Å². The summed E-state index contributed by atoms with van der Waals surface area (Å²) in [4.78, 5) is 28.0. The van der Waals surface area contributed by atoms with E-state index in [9.17, 15) is 18.0 Å². The van der Waals surface area contributed by atoms with Crippen molar-refractivity contribution in [1.29, 1.82) is 0 Å². The van der Waals surface area contributed by atoms with Gasteiger partial charge in [0, 0.05) is 13.1 Å². The van der Waals surface area contributed by atoms with Crippen molar-refractivity contribution < 1.29 is 22.7 Å². The van der Waals surface area contributed by atoms with Crippen LogP contribution in [0.1, 0.15) is 31.4 Å². The summed E-state index contributed by atoms with van der Waals surface area (Å²) in [5.41, 5.74) is 1.94. The van der Waals surface area contributed by atoms with Gasteiger partial charge in [0.15, 0.2) is 0 Å². The minimum atomic E-state index is -3.86. The number of amides is 2. The molecule has 3 aromatic rings. The van der Waals surface area contributed by atoms with Crippen LogP contribution in [0, 0.1) is 0 Å². The molecular weight excluding hydrogens is 573 g/mol. The topological polar surface area (TPSA) is 96.0 Å². The minimum Gasteiger partial charge on any atom is -0.489 e. The van der Waals surface area contributed by atoms with Gasteiger partial charge in [-0.25, -0.2) is 8.42 Å². The van der Waals surface area contributed by atoms with E-state index in [1.54, 1.807) is 56.3 Å². The molecule has 8 nitrogen and oxygen atoms in total. The number of hydrogen-bond donors (Lipinski definition) is 1. The monoisotopic (exact) mass is 605 g/mol. The van der Waals surface area contributed by atoms with Crippen molar-refractivity contribution in [1.82, 2.24) is 10.2 Å².